The zero-order valence-corrected chi connectivity index (χ0v) is 31.4. The summed E-state index contributed by atoms with van der Waals surface area (Å²) < 4.78 is 7.49. The quantitative estimate of drug-likeness (QED) is 0.176. The molecule has 4 aromatic heterocycles. The summed E-state index contributed by atoms with van der Waals surface area (Å²) in [5.41, 5.74) is 9.81. The lowest BCUT2D eigenvalue weighted by Crippen LogP contribution is -2.01. The first-order chi connectivity index (χ1) is 28.3. The van der Waals surface area contributed by atoms with Gasteiger partial charge in [-0.1, -0.05) is 146 Å². The zero-order valence-electron chi connectivity index (χ0n) is 30.5. The maximum absolute atomic E-state index is 5.10. The van der Waals surface area contributed by atoms with Gasteiger partial charge in [0.05, 0.1) is 26.8 Å². The fourth-order valence-electron chi connectivity index (χ4n) is 8.72. The molecule has 266 valence electrons. The summed E-state index contributed by atoms with van der Waals surface area (Å²) in [4.78, 5) is 15.2. The highest BCUT2D eigenvalue weighted by atomic mass is 32.1. The topological polar surface area (TPSA) is 48.5 Å². The van der Waals surface area contributed by atoms with Crippen LogP contribution in [0.4, 0.5) is 0 Å². The Morgan fingerprint density at radius 1 is 0.351 bits per heavy atom. The lowest BCUT2D eigenvalue weighted by atomic mass is 10.0. The molecule has 4 heterocycles. The maximum Gasteiger partial charge on any atom is 0.164 e. The summed E-state index contributed by atoms with van der Waals surface area (Å²) in [6.45, 7) is 0. The van der Waals surface area contributed by atoms with E-state index in [4.69, 9.17) is 15.0 Å². The van der Waals surface area contributed by atoms with Gasteiger partial charge in [-0.15, -0.1) is 11.3 Å². The normalized spacial score (nSPS) is 11.9. The first-order valence-electron chi connectivity index (χ1n) is 19.1. The van der Waals surface area contributed by atoms with Crippen molar-refractivity contribution in [1.29, 1.82) is 0 Å². The van der Waals surface area contributed by atoms with Crippen molar-refractivity contribution in [1.82, 2.24) is 24.1 Å². The molecule has 0 N–H and O–H groups in total. The van der Waals surface area contributed by atoms with Crippen LogP contribution < -0.4 is 0 Å². The molecule has 0 aliphatic rings. The minimum atomic E-state index is 0.629. The van der Waals surface area contributed by atoms with E-state index in [1.54, 1.807) is 0 Å². The van der Waals surface area contributed by atoms with E-state index in [1.807, 2.05) is 72.0 Å². The third-order valence-electron chi connectivity index (χ3n) is 11.1. The number of hydrogen-bond donors (Lipinski definition) is 0. The molecule has 12 aromatic rings. The average Bonchev–Trinajstić information content (AvgIpc) is 3.95. The molecule has 8 aromatic carbocycles. The molecule has 0 radical (unpaired) electrons. The number of thiophene rings is 1. The molecule has 0 amide bonds. The number of fused-ring (bicyclic) bond motifs is 12. The molecule has 0 atom stereocenters. The monoisotopic (exact) mass is 745 g/mol. The minimum absolute atomic E-state index is 0.629. The summed E-state index contributed by atoms with van der Waals surface area (Å²) in [6, 6.07) is 66.4. The van der Waals surface area contributed by atoms with Crippen LogP contribution in [0.2, 0.25) is 0 Å². The largest absolute Gasteiger partial charge is 0.309 e. The van der Waals surface area contributed by atoms with Crippen LogP contribution >= 0.6 is 11.3 Å². The minimum Gasteiger partial charge on any atom is -0.309 e. The Bertz CT molecular complexity index is 3450. The average molecular weight is 746 g/mol. The van der Waals surface area contributed by atoms with Gasteiger partial charge in [-0.05, 0) is 42.5 Å². The van der Waals surface area contributed by atoms with E-state index in [1.165, 1.54) is 58.3 Å². The second kappa shape index (κ2) is 12.6. The van der Waals surface area contributed by atoms with Crippen LogP contribution in [0.15, 0.2) is 188 Å². The van der Waals surface area contributed by atoms with Crippen molar-refractivity contribution < 1.29 is 0 Å². The van der Waals surface area contributed by atoms with Gasteiger partial charge < -0.3 is 9.13 Å². The first kappa shape index (κ1) is 31.9. The third kappa shape index (κ3) is 4.84. The molecule has 0 unspecified atom stereocenters. The van der Waals surface area contributed by atoms with Crippen LogP contribution in [0.5, 0.6) is 0 Å². The highest BCUT2D eigenvalue weighted by Crippen LogP contribution is 2.51. The van der Waals surface area contributed by atoms with Crippen LogP contribution in [0.1, 0.15) is 0 Å². The van der Waals surface area contributed by atoms with Gasteiger partial charge in [-0.2, -0.15) is 0 Å². The number of aromatic nitrogens is 5. The molecular weight excluding hydrogens is 715 g/mol. The van der Waals surface area contributed by atoms with Crippen molar-refractivity contribution in [2.24, 2.45) is 0 Å². The van der Waals surface area contributed by atoms with Crippen molar-refractivity contribution in [2.45, 2.75) is 0 Å². The van der Waals surface area contributed by atoms with Gasteiger partial charge in [-0.3, -0.25) is 0 Å². The van der Waals surface area contributed by atoms with Gasteiger partial charge in [0.15, 0.2) is 17.5 Å². The summed E-state index contributed by atoms with van der Waals surface area (Å²) in [6.07, 6.45) is 0. The Labute approximate surface area is 331 Å². The van der Waals surface area contributed by atoms with Crippen molar-refractivity contribution in [2.75, 3.05) is 0 Å². The van der Waals surface area contributed by atoms with Crippen molar-refractivity contribution in [3.05, 3.63) is 188 Å². The Balaban J connectivity index is 1.21. The SMILES string of the molecule is c1ccc(-c2nc(-c3ccccc3)nc(-c3cccc(-n4c5ccccc5c5c6c7ccccc7n(-c7ccccc7)c6c6sc7ccccc7c6c54)c3)n2)cc1. The van der Waals surface area contributed by atoms with E-state index in [-0.39, 0.29) is 0 Å². The van der Waals surface area contributed by atoms with Gasteiger partial charge >= 0.3 is 0 Å². The molecule has 0 saturated heterocycles. The van der Waals surface area contributed by atoms with Gasteiger partial charge in [0.2, 0.25) is 0 Å². The van der Waals surface area contributed by atoms with Gasteiger partial charge in [0.1, 0.15) is 0 Å². The summed E-state index contributed by atoms with van der Waals surface area (Å²) in [7, 11) is 0. The van der Waals surface area contributed by atoms with Crippen LogP contribution in [-0.4, -0.2) is 24.1 Å². The predicted octanol–water partition coefficient (Wildman–Crippen LogP) is 13.4. The highest BCUT2D eigenvalue weighted by molar-refractivity contribution is 7.27. The zero-order chi connectivity index (χ0) is 37.5. The van der Waals surface area contributed by atoms with Crippen molar-refractivity contribution in [3.63, 3.8) is 0 Å². The maximum atomic E-state index is 5.10. The van der Waals surface area contributed by atoms with Crippen molar-refractivity contribution in [3.8, 4) is 45.5 Å². The number of benzene rings is 8. The van der Waals surface area contributed by atoms with Gasteiger partial charge in [-0.25, -0.2) is 15.0 Å². The Morgan fingerprint density at radius 3 is 1.44 bits per heavy atom. The Hall–Kier alpha value is -7.41. The van der Waals surface area contributed by atoms with Crippen LogP contribution in [0.3, 0.4) is 0 Å². The molecule has 0 bridgehead atoms. The fourth-order valence-corrected chi connectivity index (χ4v) is 9.97. The second-order valence-electron chi connectivity index (χ2n) is 14.4. The lowest BCUT2D eigenvalue weighted by Gasteiger charge is -2.13. The fraction of sp³-hybridized carbons (Fsp3) is 0. The van der Waals surface area contributed by atoms with E-state index in [0.29, 0.717) is 17.5 Å². The molecule has 0 aliphatic carbocycles. The highest BCUT2D eigenvalue weighted by Gasteiger charge is 2.26. The molecule has 12 rings (SSSR count). The van der Waals surface area contributed by atoms with Crippen LogP contribution in [0.25, 0.3) is 109 Å². The second-order valence-corrected chi connectivity index (χ2v) is 15.4. The third-order valence-corrected chi connectivity index (χ3v) is 12.3. The van der Waals surface area contributed by atoms with Crippen molar-refractivity contribution >= 4 is 75.1 Å². The number of hydrogen-bond acceptors (Lipinski definition) is 4. The standard InChI is InChI=1S/C51H31N5S/c1-4-17-32(18-5-1)49-52-50(33-19-6-2-7-20-33)54-51(53-49)34-21-16-24-36(31-34)56-41-29-14-10-25-37(41)43-44-38-26-11-13-28-40(38)55(35-22-8-3-9-23-35)47(44)48-45(46(43)56)39-27-12-15-30-42(39)57-48/h1-31H. The molecule has 0 saturated carbocycles. The number of para-hydroxylation sites is 3. The first-order valence-corrected chi connectivity index (χ1v) is 19.9. The van der Waals surface area contributed by atoms with E-state index < -0.39 is 0 Å². The van der Waals surface area contributed by atoms with E-state index in [0.717, 1.165) is 33.6 Å². The molecule has 6 heteroatoms. The molecule has 0 spiro atoms. The molecular formula is C51H31N5S. The summed E-state index contributed by atoms with van der Waals surface area (Å²) in [5, 5.41) is 7.50. The smallest absolute Gasteiger partial charge is 0.164 e. The Morgan fingerprint density at radius 2 is 0.807 bits per heavy atom. The summed E-state index contributed by atoms with van der Waals surface area (Å²) >= 11 is 1.88. The van der Waals surface area contributed by atoms with Crippen LogP contribution in [-0.2, 0) is 0 Å². The van der Waals surface area contributed by atoms with E-state index in [2.05, 4.69) is 137 Å². The van der Waals surface area contributed by atoms with E-state index in [9.17, 15) is 0 Å². The van der Waals surface area contributed by atoms with Gasteiger partial charge in [0, 0.05) is 65.1 Å². The lowest BCUT2D eigenvalue weighted by molar-refractivity contribution is 1.07. The molecule has 0 fully saturated rings. The molecule has 57 heavy (non-hydrogen) atoms. The summed E-state index contributed by atoms with van der Waals surface area (Å²) in [5.74, 6) is 1.92. The molecule has 5 nitrogen and oxygen atoms in total. The van der Waals surface area contributed by atoms with Gasteiger partial charge in [0.25, 0.3) is 0 Å². The number of rotatable bonds is 5. The molecule has 0 aliphatic heterocycles. The number of nitrogens with zero attached hydrogens (tertiary/aromatic N) is 5. The Kier molecular flexibility index (Phi) is 7.03. The van der Waals surface area contributed by atoms with E-state index >= 15 is 0 Å². The van der Waals surface area contributed by atoms with Crippen LogP contribution in [0, 0.1) is 0 Å². The predicted molar refractivity (Wildman–Crippen MR) is 238 cm³/mol.